The van der Waals surface area contributed by atoms with Gasteiger partial charge < -0.3 is 11.1 Å². The van der Waals surface area contributed by atoms with Gasteiger partial charge in [-0.1, -0.05) is 26.2 Å². The number of rotatable bonds is 8. The molecule has 1 aliphatic rings. The van der Waals surface area contributed by atoms with Crippen molar-refractivity contribution in [2.75, 3.05) is 6.54 Å². The molecule has 112 valence electrons. The number of nitrogens with one attached hydrogen (secondary N) is 1. The van der Waals surface area contributed by atoms with Gasteiger partial charge >= 0.3 is 0 Å². The summed E-state index contributed by atoms with van der Waals surface area (Å²) in [4.78, 5) is 12.0. The lowest BCUT2D eigenvalue weighted by atomic mass is 9.79. The largest absolute Gasteiger partial charge is 0.356 e. The van der Waals surface area contributed by atoms with E-state index in [1.807, 2.05) is 6.92 Å². The summed E-state index contributed by atoms with van der Waals surface area (Å²) in [5, 5.41) is 3.07. The van der Waals surface area contributed by atoms with Crippen LogP contribution in [0.3, 0.4) is 0 Å². The Bertz CT molecular complexity index is 245. The Balaban J connectivity index is 2.11. The molecule has 3 nitrogen and oxygen atoms in total. The fraction of sp³-hybridized carbons (Fsp3) is 0.938. The van der Waals surface area contributed by atoms with Crippen molar-refractivity contribution < 1.29 is 4.79 Å². The quantitative estimate of drug-likeness (QED) is 0.664. The van der Waals surface area contributed by atoms with Crippen molar-refractivity contribution in [3.8, 4) is 0 Å². The van der Waals surface area contributed by atoms with Crippen LogP contribution in [0.25, 0.3) is 0 Å². The van der Waals surface area contributed by atoms with Crippen LogP contribution in [0.5, 0.6) is 0 Å². The zero-order valence-corrected chi connectivity index (χ0v) is 12.8. The molecule has 0 bridgehead atoms. The van der Waals surface area contributed by atoms with Gasteiger partial charge in [0.2, 0.25) is 5.91 Å². The molecule has 1 rings (SSSR count). The van der Waals surface area contributed by atoms with E-state index < -0.39 is 0 Å². The maximum absolute atomic E-state index is 12.0. The summed E-state index contributed by atoms with van der Waals surface area (Å²) >= 11 is 0. The summed E-state index contributed by atoms with van der Waals surface area (Å²) in [7, 11) is 0. The Morgan fingerprint density at radius 1 is 1.26 bits per heavy atom. The van der Waals surface area contributed by atoms with E-state index in [2.05, 4.69) is 12.2 Å². The standard InChI is InChI=1S/C16H32N2O/c1-3-4-7-14-8-10-15(11-9-14)16(19)18-12-5-6-13(2)17/h13-15H,3-12,17H2,1-2H3,(H,18,19). The van der Waals surface area contributed by atoms with Crippen molar-refractivity contribution in [2.45, 2.75) is 77.7 Å². The van der Waals surface area contributed by atoms with Crippen molar-refractivity contribution in [2.24, 2.45) is 17.6 Å². The molecule has 0 heterocycles. The minimum absolute atomic E-state index is 0.242. The summed E-state index contributed by atoms with van der Waals surface area (Å²) in [6, 6.07) is 0.242. The molecule has 1 atom stereocenters. The monoisotopic (exact) mass is 268 g/mol. The smallest absolute Gasteiger partial charge is 0.223 e. The summed E-state index contributed by atoms with van der Waals surface area (Å²) in [5.74, 6) is 1.42. The normalized spacial score (nSPS) is 25.0. The summed E-state index contributed by atoms with van der Waals surface area (Å²) in [6.45, 7) is 5.05. The Labute approximate surface area is 118 Å². The lowest BCUT2D eigenvalue weighted by Crippen LogP contribution is -2.34. The zero-order chi connectivity index (χ0) is 14.1. The van der Waals surface area contributed by atoms with Gasteiger partial charge in [-0.15, -0.1) is 0 Å². The Kier molecular flexibility index (Phi) is 8.11. The first kappa shape index (κ1) is 16.5. The molecule has 1 unspecified atom stereocenters. The summed E-state index contributed by atoms with van der Waals surface area (Å²) in [5.41, 5.74) is 5.69. The molecule has 1 saturated carbocycles. The van der Waals surface area contributed by atoms with E-state index in [0.717, 1.165) is 38.1 Å². The van der Waals surface area contributed by atoms with E-state index in [4.69, 9.17) is 5.73 Å². The number of carbonyl (C=O) groups excluding carboxylic acids is 1. The van der Waals surface area contributed by atoms with Crippen LogP contribution in [0.4, 0.5) is 0 Å². The molecule has 1 amide bonds. The number of amides is 1. The van der Waals surface area contributed by atoms with Gasteiger partial charge in [-0.2, -0.15) is 0 Å². The van der Waals surface area contributed by atoms with Crippen LogP contribution >= 0.6 is 0 Å². The predicted molar refractivity (Wildman–Crippen MR) is 80.9 cm³/mol. The van der Waals surface area contributed by atoms with E-state index in [-0.39, 0.29) is 17.9 Å². The van der Waals surface area contributed by atoms with Gasteiger partial charge in [-0.3, -0.25) is 4.79 Å². The third kappa shape index (κ3) is 6.95. The SMILES string of the molecule is CCCCC1CCC(C(=O)NCCCC(C)N)CC1. The Morgan fingerprint density at radius 3 is 2.53 bits per heavy atom. The average Bonchev–Trinajstić information content (AvgIpc) is 2.41. The molecule has 0 saturated heterocycles. The van der Waals surface area contributed by atoms with Gasteiger partial charge in [0, 0.05) is 18.5 Å². The highest BCUT2D eigenvalue weighted by Crippen LogP contribution is 2.31. The van der Waals surface area contributed by atoms with Crippen molar-refractivity contribution >= 4 is 5.91 Å². The predicted octanol–water partition coefficient (Wildman–Crippen LogP) is 3.23. The van der Waals surface area contributed by atoms with E-state index in [1.54, 1.807) is 0 Å². The van der Waals surface area contributed by atoms with Gasteiger partial charge in [-0.05, 0) is 51.4 Å². The van der Waals surface area contributed by atoms with Crippen LogP contribution in [-0.4, -0.2) is 18.5 Å². The molecule has 0 aromatic heterocycles. The van der Waals surface area contributed by atoms with Crippen LogP contribution in [0.1, 0.15) is 71.6 Å². The lowest BCUT2D eigenvalue weighted by Gasteiger charge is -2.27. The minimum Gasteiger partial charge on any atom is -0.356 e. The van der Waals surface area contributed by atoms with Crippen LogP contribution in [0.2, 0.25) is 0 Å². The number of nitrogens with two attached hydrogens (primary N) is 1. The third-order valence-corrected chi connectivity index (χ3v) is 4.32. The van der Waals surface area contributed by atoms with Crippen molar-refractivity contribution in [3.63, 3.8) is 0 Å². The highest BCUT2D eigenvalue weighted by molar-refractivity contribution is 5.78. The maximum atomic E-state index is 12.0. The molecule has 0 spiro atoms. The summed E-state index contributed by atoms with van der Waals surface area (Å²) < 4.78 is 0. The second-order valence-electron chi connectivity index (χ2n) is 6.27. The molecule has 3 heteroatoms. The number of hydrogen-bond acceptors (Lipinski definition) is 2. The van der Waals surface area contributed by atoms with E-state index in [9.17, 15) is 4.79 Å². The fourth-order valence-corrected chi connectivity index (χ4v) is 2.99. The first-order valence-electron chi connectivity index (χ1n) is 8.16. The molecule has 3 N–H and O–H groups in total. The third-order valence-electron chi connectivity index (χ3n) is 4.32. The molecular formula is C16H32N2O. The molecule has 1 aliphatic carbocycles. The molecule has 0 radical (unpaired) electrons. The minimum atomic E-state index is 0.242. The van der Waals surface area contributed by atoms with Crippen LogP contribution < -0.4 is 11.1 Å². The highest BCUT2D eigenvalue weighted by Gasteiger charge is 2.25. The average molecular weight is 268 g/mol. The molecule has 0 aromatic carbocycles. The summed E-state index contributed by atoms with van der Waals surface area (Å²) in [6.07, 6.45) is 10.7. The molecule has 0 aromatic rings. The molecule has 0 aliphatic heterocycles. The number of unbranched alkanes of at least 4 members (excludes halogenated alkanes) is 1. The molecular weight excluding hydrogens is 236 g/mol. The van der Waals surface area contributed by atoms with E-state index in [0.29, 0.717) is 0 Å². The van der Waals surface area contributed by atoms with E-state index >= 15 is 0 Å². The molecule has 1 fully saturated rings. The number of carbonyl (C=O) groups is 1. The fourth-order valence-electron chi connectivity index (χ4n) is 2.99. The first-order valence-corrected chi connectivity index (χ1v) is 8.16. The van der Waals surface area contributed by atoms with Gasteiger partial charge in [-0.25, -0.2) is 0 Å². The van der Waals surface area contributed by atoms with Crippen LogP contribution in [0.15, 0.2) is 0 Å². The van der Waals surface area contributed by atoms with Crippen molar-refractivity contribution in [3.05, 3.63) is 0 Å². The van der Waals surface area contributed by atoms with Gasteiger partial charge in [0.05, 0.1) is 0 Å². The second kappa shape index (κ2) is 9.35. The Morgan fingerprint density at radius 2 is 1.95 bits per heavy atom. The topological polar surface area (TPSA) is 55.1 Å². The number of hydrogen-bond donors (Lipinski definition) is 2. The molecule has 19 heavy (non-hydrogen) atoms. The first-order chi connectivity index (χ1) is 9.13. The lowest BCUT2D eigenvalue weighted by molar-refractivity contribution is -0.126. The zero-order valence-electron chi connectivity index (χ0n) is 12.8. The van der Waals surface area contributed by atoms with Gasteiger partial charge in [0.1, 0.15) is 0 Å². The second-order valence-corrected chi connectivity index (χ2v) is 6.27. The maximum Gasteiger partial charge on any atom is 0.223 e. The van der Waals surface area contributed by atoms with Crippen LogP contribution in [0, 0.1) is 11.8 Å². The van der Waals surface area contributed by atoms with Gasteiger partial charge in [0.25, 0.3) is 0 Å². The van der Waals surface area contributed by atoms with Crippen molar-refractivity contribution in [1.29, 1.82) is 0 Å². The van der Waals surface area contributed by atoms with Crippen molar-refractivity contribution in [1.82, 2.24) is 5.32 Å². The van der Waals surface area contributed by atoms with Gasteiger partial charge in [0.15, 0.2) is 0 Å². The van der Waals surface area contributed by atoms with E-state index in [1.165, 1.54) is 32.1 Å². The highest BCUT2D eigenvalue weighted by atomic mass is 16.1. The van der Waals surface area contributed by atoms with Crippen LogP contribution in [-0.2, 0) is 4.79 Å². The Hall–Kier alpha value is -0.570.